The zero-order chi connectivity index (χ0) is 19.4. The van der Waals surface area contributed by atoms with Gasteiger partial charge in [0.25, 0.3) is 11.1 Å². The maximum atomic E-state index is 13.5. The van der Waals surface area contributed by atoms with Gasteiger partial charge in [-0.05, 0) is 19.1 Å². The number of nitrogens with zero attached hydrogens (tertiary/aromatic N) is 5. The summed E-state index contributed by atoms with van der Waals surface area (Å²) < 4.78 is 15.1. The average Bonchev–Trinajstić information content (AvgIpc) is 3.25. The van der Waals surface area contributed by atoms with E-state index in [0.717, 1.165) is 26.2 Å². The lowest BCUT2D eigenvalue weighted by molar-refractivity contribution is 0.533. The summed E-state index contributed by atoms with van der Waals surface area (Å²) in [5.74, 6) is 1.02. The maximum Gasteiger partial charge on any atom is 0.288 e. The van der Waals surface area contributed by atoms with Crippen LogP contribution in [0.4, 0.5) is 16.2 Å². The van der Waals surface area contributed by atoms with Crippen molar-refractivity contribution >= 4 is 17.4 Å². The summed E-state index contributed by atoms with van der Waals surface area (Å²) in [4.78, 5) is 39.5. The van der Waals surface area contributed by atoms with E-state index < -0.39 is 11.4 Å². The highest BCUT2D eigenvalue weighted by Gasteiger charge is 2.41. The van der Waals surface area contributed by atoms with E-state index in [4.69, 9.17) is 0 Å². The number of aromatic amines is 1. The first-order chi connectivity index (χ1) is 13.5. The summed E-state index contributed by atoms with van der Waals surface area (Å²) in [5.41, 5.74) is -0.0876. The predicted molar refractivity (Wildman–Crippen MR) is 102 cm³/mol. The van der Waals surface area contributed by atoms with Gasteiger partial charge in [0.05, 0.1) is 5.69 Å². The van der Waals surface area contributed by atoms with Gasteiger partial charge in [-0.3, -0.25) is 19.0 Å². The molecule has 144 valence electrons. The summed E-state index contributed by atoms with van der Waals surface area (Å²) in [7, 11) is 0. The molecule has 28 heavy (non-hydrogen) atoms. The van der Waals surface area contributed by atoms with Crippen LogP contribution in [-0.4, -0.2) is 45.5 Å². The first kappa shape index (κ1) is 16.9. The molecule has 0 aliphatic carbocycles. The number of H-pyrrole nitrogens is 1. The number of anilines is 2. The third-order valence-corrected chi connectivity index (χ3v) is 5.68. The third-order valence-electron chi connectivity index (χ3n) is 5.68. The van der Waals surface area contributed by atoms with Gasteiger partial charge in [0.2, 0.25) is 11.8 Å². The Morgan fingerprint density at radius 2 is 1.79 bits per heavy atom. The lowest BCUT2D eigenvalue weighted by Gasteiger charge is -2.23. The van der Waals surface area contributed by atoms with Crippen LogP contribution in [-0.2, 0) is 0 Å². The van der Waals surface area contributed by atoms with Crippen LogP contribution in [0.25, 0.3) is 5.65 Å². The summed E-state index contributed by atoms with van der Waals surface area (Å²) in [6.45, 7) is 4.50. The number of aryl methyl sites for hydroxylation is 1. The fourth-order valence-corrected chi connectivity index (χ4v) is 4.26. The summed E-state index contributed by atoms with van der Waals surface area (Å²) in [5, 5.41) is 0. The topological polar surface area (TPSA) is 86.6 Å². The van der Waals surface area contributed by atoms with Crippen molar-refractivity contribution in [2.45, 2.75) is 6.92 Å². The van der Waals surface area contributed by atoms with Crippen LogP contribution in [0.1, 0.15) is 5.69 Å². The van der Waals surface area contributed by atoms with E-state index in [1.807, 2.05) is 17.0 Å². The average molecular weight is 382 g/mol. The summed E-state index contributed by atoms with van der Waals surface area (Å²) in [6.07, 6.45) is 1.71. The molecule has 0 radical (unpaired) electrons. The van der Waals surface area contributed by atoms with Crippen molar-refractivity contribution in [2.75, 3.05) is 36.0 Å². The van der Waals surface area contributed by atoms with Crippen LogP contribution >= 0.6 is 0 Å². The minimum atomic E-state index is -0.831. The van der Waals surface area contributed by atoms with Crippen LogP contribution in [0.15, 0.2) is 40.1 Å². The lowest BCUT2D eigenvalue weighted by atomic mass is 10.0. The summed E-state index contributed by atoms with van der Waals surface area (Å²) in [6, 6.07) is 7.07. The van der Waals surface area contributed by atoms with E-state index >= 15 is 0 Å². The van der Waals surface area contributed by atoms with Gasteiger partial charge in [-0.2, -0.15) is 4.39 Å². The Morgan fingerprint density at radius 3 is 2.50 bits per heavy atom. The highest BCUT2D eigenvalue weighted by Crippen LogP contribution is 2.34. The van der Waals surface area contributed by atoms with Crippen LogP contribution < -0.4 is 20.9 Å². The zero-order valence-corrected chi connectivity index (χ0v) is 15.3. The largest absolute Gasteiger partial charge is 0.356 e. The van der Waals surface area contributed by atoms with Gasteiger partial charge in [-0.1, -0.05) is 6.07 Å². The van der Waals surface area contributed by atoms with Gasteiger partial charge < -0.3 is 9.80 Å². The molecule has 8 nitrogen and oxygen atoms in total. The van der Waals surface area contributed by atoms with Crippen LogP contribution in [0.3, 0.4) is 0 Å². The second kappa shape index (κ2) is 6.15. The Morgan fingerprint density at radius 1 is 1.07 bits per heavy atom. The van der Waals surface area contributed by atoms with E-state index in [2.05, 4.69) is 19.9 Å². The van der Waals surface area contributed by atoms with Crippen molar-refractivity contribution in [3.05, 3.63) is 62.7 Å². The number of pyridine rings is 1. The van der Waals surface area contributed by atoms with Crippen LogP contribution in [0, 0.1) is 24.6 Å². The molecule has 2 saturated heterocycles. The Labute approximate surface area is 159 Å². The highest BCUT2D eigenvalue weighted by atomic mass is 19.1. The molecule has 2 unspecified atom stereocenters. The Hall–Kier alpha value is -3.23. The van der Waals surface area contributed by atoms with E-state index in [1.54, 1.807) is 18.3 Å². The van der Waals surface area contributed by atoms with E-state index in [-0.39, 0.29) is 11.3 Å². The Bertz CT molecular complexity index is 1170. The monoisotopic (exact) mass is 382 g/mol. The molecule has 3 aromatic rings. The minimum Gasteiger partial charge on any atom is -0.356 e. The molecule has 0 aromatic carbocycles. The number of rotatable bonds is 2. The molecule has 2 aliphatic heterocycles. The second-order valence-corrected chi connectivity index (χ2v) is 7.50. The molecule has 5 rings (SSSR count). The SMILES string of the molecule is Cc1nc(N2CC3CN(c4cc(=O)n5ccccc5n4)CC3C2)[nH]c(=O)c1F. The standard InChI is InChI=1S/C19H19FN6O2/c1-11-17(20)18(28)23-19(21-11)25-9-12-7-24(8-13(12)10-25)15-6-16(27)26-5-3-2-4-14(26)22-15/h2-6,12-13H,7-10H2,1H3,(H,21,23,28). The number of aromatic nitrogens is 4. The number of nitrogens with one attached hydrogen (secondary N) is 1. The molecule has 2 fully saturated rings. The fourth-order valence-electron chi connectivity index (χ4n) is 4.26. The quantitative estimate of drug-likeness (QED) is 0.706. The first-order valence-corrected chi connectivity index (χ1v) is 9.24. The van der Waals surface area contributed by atoms with Crippen molar-refractivity contribution in [1.82, 2.24) is 19.4 Å². The predicted octanol–water partition coefficient (Wildman–Crippen LogP) is 0.798. The Kier molecular flexibility index (Phi) is 3.71. The maximum absolute atomic E-state index is 13.5. The molecule has 1 N–H and O–H groups in total. The molecule has 0 bridgehead atoms. The molecule has 0 saturated carbocycles. The van der Waals surface area contributed by atoms with Crippen molar-refractivity contribution in [2.24, 2.45) is 11.8 Å². The highest BCUT2D eigenvalue weighted by molar-refractivity contribution is 5.49. The van der Waals surface area contributed by atoms with E-state index in [0.29, 0.717) is 29.2 Å². The molecule has 3 aromatic heterocycles. The minimum absolute atomic E-state index is 0.0946. The van der Waals surface area contributed by atoms with E-state index in [9.17, 15) is 14.0 Å². The number of hydrogen-bond donors (Lipinski definition) is 1. The van der Waals surface area contributed by atoms with Gasteiger partial charge in [-0.15, -0.1) is 0 Å². The van der Waals surface area contributed by atoms with Crippen molar-refractivity contribution in [3.63, 3.8) is 0 Å². The molecular formula is C19H19FN6O2. The van der Waals surface area contributed by atoms with E-state index in [1.165, 1.54) is 11.3 Å². The fraction of sp³-hybridized carbons (Fsp3) is 0.368. The molecule has 5 heterocycles. The molecule has 0 amide bonds. The Balaban J connectivity index is 1.36. The molecule has 2 atom stereocenters. The van der Waals surface area contributed by atoms with Gasteiger partial charge >= 0.3 is 0 Å². The van der Waals surface area contributed by atoms with Crippen molar-refractivity contribution in [1.29, 1.82) is 0 Å². The number of hydrogen-bond acceptors (Lipinski definition) is 6. The zero-order valence-electron chi connectivity index (χ0n) is 15.3. The molecule has 0 spiro atoms. The van der Waals surface area contributed by atoms with Gasteiger partial charge in [0, 0.05) is 50.3 Å². The lowest BCUT2D eigenvalue weighted by Crippen LogP contribution is -2.32. The van der Waals surface area contributed by atoms with Crippen molar-refractivity contribution < 1.29 is 4.39 Å². The van der Waals surface area contributed by atoms with Crippen LogP contribution in [0.2, 0.25) is 0 Å². The summed E-state index contributed by atoms with van der Waals surface area (Å²) >= 11 is 0. The number of halogens is 1. The van der Waals surface area contributed by atoms with Crippen molar-refractivity contribution in [3.8, 4) is 0 Å². The molecule has 2 aliphatic rings. The van der Waals surface area contributed by atoms with Gasteiger partial charge in [-0.25, -0.2) is 9.97 Å². The van der Waals surface area contributed by atoms with Gasteiger partial charge in [0.1, 0.15) is 11.5 Å². The second-order valence-electron chi connectivity index (χ2n) is 7.50. The number of fused-ring (bicyclic) bond motifs is 2. The smallest absolute Gasteiger partial charge is 0.288 e. The normalized spacial score (nSPS) is 21.5. The third kappa shape index (κ3) is 2.65. The molecule has 9 heteroatoms. The first-order valence-electron chi connectivity index (χ1n) is 9.24. The molecular weight excluding hydrogens is 363 g/mol. The van der Waals surface area contributed by atoms with Gasteiger partial charge in [0.15, 0.2) is 0 Å². The van der Waals surface area contributed by atoms with Crippen LogP contribution in [0.5, 0.6) is 0 Å².